The monoisotopic (exact) mass is 526 g/mol. The van der Waals surface area contributed by atoms with Gasteiger partial charge >= 0.3 is 0 Å². The third kappa shape index (κ3) is 2.43. The number of rotatable bonds is 1. The van der Waals surface area contributed by atoms with Gasteiger partial charge in [0.25, 0.3) is 0 Å². The molecule has 0 unspecified atom stereocenters. The Hall–Kier alpha value is -0.440. The van der Waals surface area contributed by atoms with E-state index in [1.54, 1.807) is 0 Å². The zero-order chi connectivity index (χ0) is 15.2. The molecule has 0 spiro atoms. The van der Waals surface area contributed by atoms with Gasteiger partial charge in [-0.15, -0.1) is 0 Å². The molecule has 0 radical (unpaired) electrons. The second-order valence-corrected chi connectivity index (χ2v) is 6.90. The highest BCUT2D eigenvalue weighted by molar-refractivity contribution is 9.15. The lowest BCUT2D eigenvalue weighted by molar-refractivity contribution is -0.116. The lowest BCUT2D eigenvalue weighted by Crippen LogP contribution is -2.24. The average molecular weight is 530 g/mol. The molecule has 0 bridgehead atoms. The van der Waals surface area contributed by atoms with Crippen LogP contribution < -0.4 is 0 Å². The van der Waals surface area contributed by atoms with Gasteiger partial charge < -0.3 is 0 Å². The Morgan fingerprint density at radius 1 is 0.550 bits per heavy atom. The summed E-state index contributed by atoms with van der Waals surface area (Å²) in [5.41, 5.74) is -0.265. The van der Waals surface area contributed by atoms with E-state index in [4.69, 9.17) is 0 Å². The van der Waals surface area contributed by atoms with Crippen LogP contribution in [0.15, 0.2) is 41.2 Å². The van der Waals surface area contributed by atoms with E-state index in [1.807, 2.05) is 0 Å². The van der Waals surface area contributed by atoms with E-state index in [0.29, 0.717) is 0 Å². The van der Waals surface area contributed by atoms with Crippen molar-refractivity contribution in [1.82, 2.24) is 0 Å². The van der Waals surface area contributed by atoms with Gasteiger partial charge in [-0.25, -0.2) is 0 Å². The van der Waals surface area contributed by atoms with Crippen LogP contribution in [0.3, 0.4) is 0 Å². The summed E-state index contributed by atoms with van der Waals surface area (Å²) in [6, 6.07) is 0. The first-order valence-electron chi connectivity index (χ1n) is 4.98. The quantitative estimate of drug-likeness (QED) is 0.490. The van der Waals surface area contributed by atoms with Gasteiger partial charge in [0.2, 0.25) is 11.6 Å². The Morgan fingerprint density at radius 2 is 1.05 bits per heavy atom. The van der Waals surface area contributed by atoms with Crippen LogP contribution in [0.2, 0.25) is 0 Å². The Bertz CT molecular complexity index is 722. The molecule has 0 fully saturated rings. The molecule has 2 aliphatic rings. The van der Waals surface area contributed by atoms with Gasteiger partial charge in [0.1, 0.15) is 0 Å². The predicted molar refractivity (Wildman–Crippen MR) is 86.0 cm³/mol. The fourth-order valence-corrected chi connectivity index (χ4v) is 3.74. The van der Waals surface area contributed by atoms with E-state index < -0.39 is 23.1 Å². The summed E-state index contributed by atoms with van der Waals surface area (Å²) in [5.74, 6) is -2.03. The minimum Gasteiger partial charge on any atom is -0.289 e. The number of hydrogen-bond donors (Lipinski definition) is 0. The average Bonchev–Trinajstić information content (AvgIpc) is 2.42. The van der Waals surface area contributed by atoms with Crippen molar-refractivity contribution in [2.45, 2.75) is 0 Å². The summed E-state index contributed by atoms with van der Waals surface area (Å²) in [6.45, 7) is 0. The van der Waals surface area contributed by atoms with Crippen LogP contribution in [0.1, 0.15) is 0 Å². The van der Waals surface area contributed by atoms with Crippen molar-refractivity contribution in [2.75, 3.05) is 0 Å². The number of carbonyl (C=O) groups excluding carboxylic acids is 4. The summed E-state index contributed by atoms with van der Waals surface area (Å²) in [5, 5.41) is 0. The van der Waals surface area contributed by atoms with Crippen LogP contribution in [-0.4, -0.2) is 23.1 Å². The van der Waals surface area contributed by atoms with E-state index in [1.165, 1.54) is 0 Å². The number of Topliss-reactive ketones (excluding diaryl/α,β-unsaturated/α-hetero) is 2. The summed E-state index contributed by atoms with van der Waals surface area (Å²) in [6.07, 6.45) is 2.16. The van der Waals surface area contributed by atoms with Gasteiger partial charge in [-0.2, -0.15) is 0 Å². The third-order valence-corrected chi connectivity index (χ3v) is 6.14. The first-order chi connectivity index (χ1) is 9.27. The van der Waals surface area contributed by atoms with Crippen LogP contribution in [0.4, 0.5) is 0 Å². The number of carbonyl (C=O) groups is 4. The number of allylic oxidation sites excluding steroid dienone is 8. The van der Waals surface area contributed by atoms with Gasteiger partial charge in [-0.3, -0.25) is 19.2 Å². The Morgan fingerprint density at radius 3 is 1.65 bits per heavy atom. The molecule has 4 nitrogen and oxygen atoms in total. The molecule has 0 aromatic rings. The van der Waals surface area contributed by atoms with Crippen molar-refractivity contribution in [3.63, 3.8) is 0 Å². The lowest BCUT2D eigenvalue weighted by Gasteiger charge is -2.19. The molecule has 0 aromatic heterocycles. The molecule has 0 amide bonds. The maximum atomic E-state index is 12.3. The predicted octanol–water partition coefficient (Wildman–Crippen LogP) is 3.15. The topological polar surface area (TPSA) is 68.3 Å². The molecule has 0 N–H and O–H groups in total. The number of hydrogen-bond acceptors (Lipinski definition) is 4. The molecule has 0 saturated heterocycles. The third-order valence-electron chi connectivity index (χ3n) is 2.56. The zero-order valence-electron chi connectivity index (χ0n) is 9.30. The van der Waals surface area contributed by atoms with E-state index in [0.717, 1.165) is 12.2 Å². The summed E-state index contributed by atoms with van der Waals surface area (Å²) >= 11 is 12.0. The molecule has 2 aliphatic carbocycles. The van der Waals surface area contributed by atoms with Gasteiger partial charge in [0.05, 0.1) is 29.1 Å². The molecule has 0 saturated carbocycles. The fourth-order valence-electron chi connectivity index (χ4n) is 1.61. The molecule has 0 atom stereocenters. The molecule has 0 aliphatic heterocycles. The van der Waals surface area contributed by atoms with Crippen molar-refractivity contribution < 1.29 is 19.2 Å². The van der Waals surface area contributed by atoms with E-state index in [2.05, 4.69) is 63.7 Å². The maximum Gasteiger partial charge on any atom is 0.208 e. The molecular weight excluding hydrogens is 528 g/mol. The van der Waals surface area contributed by atoms with Crippen LogP contribution in [0.5, 0.6) is 0 Å². The molecule has 8 heteroatoms. The smallest absolute Gasteiger partial charge is 0.208 e. The van der Waals surface area contributed by atoms with Gasteiger partial charge in [0.15, 0.2) is 11.6 Å². The van der Waals surface area contributed by atoms with Crippen molar-refractivity contribution >= 4 is 86.9 Å². The first kappa shape index (κ1) is 15.9. The fraction of sp³-hybridized carbons (Fsp3) is 0. The van der Waals surface area contributed by atoms with Crippen molar-refractivity contribution in [2.24, 2.45) is 0 Å². The van der Waals surface area contributed by atoms with Crippen molar-refractivity contribution in [3.8, 4) is 0 Å². The molecule has 0 aromatic carbocycles. The largest absolute Gasteiger partial charge is 0.289 e. The Kier molecular flexibility index (Phi) is 4.58. The summed E-state index contributed by atoms with van der Waals surface area (Å²) in [4.78, 5) is 47.8. The van der Waals surface area contributed by atoms with Crippen LogP contribution >= 0.6 is 63.7 Å². The second kappa shape index (κ2) is 5.75. The standard InChI is InChI=1S/C12H2Br4O4/c13-7-4(18)2-1-3(17)5(7)6-8(14)12(20)10(16)9(15)11(6)19/h1-2H. The highest BCUT2D eigenvalue weighted by atomic mass is 79.9. The summed E-state index contributed by atoms with van der Waals surface area (Å²) in [7, 11) is 0. The van der Waals surface area contributed by atoms with Crippen LogP contribution in [0, 0.1) is 0 Å². The van der Waals surface area contributed by atoms with Gasteiger partial charge in [-0.05, 0) is 75.9 Å². The summed E-state index contributed by atoms with van der Waals surface area (Å²) < 4.78 is -0.0549. The normalized spacial score (nSPS) is 20.6. The maximum absolute atomic E-state index is 12.3. The first-order valence-corrected chi connectivity index (χ1v) is 8.16. The van der Waals surface area contributed by atoms with Crippen molar-refractivity contribution in [3.05, 3.63) is 41.2 Å². The Labute approximate surface area is 146 Å². The molecule has 2 rings (SSSR count). The minimum absolute atomic E-state index is 0.00306. The number of halogens is 4. The Balaban J connectivity index is 2.72. The zero-order valence-corrected chi connectivity index (χ0v) is 15.6. The van der Waals surface area contributed by atoms with Gasteiger partial charge in [-0.1, -0.05) is 0 Å². The molecular formula is C12H2Br4O4. The second-order valence-electron chi connectivity index (χ2n) is 3.73. The van der Waals surface area contributed by atoms with Crippen LogP contribution in [-0.2, 0) is 19.2 Å². The SMILES string of the molecule is O=C1C=CC(=O)C(C2=C(Br)C(=O)C(Br)=C(Br)C2=O)=C1Br. The van der Waals surface area contributed by atoms with Gasteiger partial charge in [0, 0.05) is 0 Å². The highest BCUT2D eigenvalue weighted by Gasteiger charge is 2.37. The van der Waals surface area contributed by atoms with Crippen LogP contribution in [0.25, 0.3) is 0 Å². The van der Waals surface area contributed by atoms with E-state index in [9.17, 15) is 19.2 Å². The van der Waals surface area contributed by atoms with E-state index >= 15 is 0 Å². The molecule has 20 heavy (non-hydrogen) atoms. The highest BCUT2D eigenvalue weighted by Crippen LogP contribution is 2.39. The molecule has 102 valence electrons. The minimum atomic E-state index is -0.563. The van der Waals surface area contributed by atoms with Crippen molar-refractivity contribution in [1.29, 1.82) is 0 Å². The van der Waals surface area contributed by atoms with E-state index in [-0.39, 0.29) is 29.1 Å². The lowest BCUT2D eigenvalue weighted by atomic mass is 9.90. The number of ketones is 4. The molecule has 0 heterocycles.